The number of pyridine rings is 2. The molecule has 7 nitrogen and oxygen atoms in total. The number of carbonyl (C=O) groups is 2. The number of hydrogen-bond acceptors (Lipinski definition) is 3. The standard InChI is InChI=1S/C26H23N5O2/c1-30-15-11-23(12-16-30)27-21-7-9-22(10-8-21)28-25(32)19-3-5-20(6-4-19)26(33)29-24-13-17-31(2)18-14-24/h3-18H,1-2H3,(H,28,32)/p+2. The third-order valence-corrected chi connectivity index (χ3v) is 5.06. The van der Waals surface area contributed by atoms with Gasteiger partial charge in [0.2, 0.25) is 0 Å². The molecule has 2 amide bonds. The molecule has 3 N–H and O–H groups in total. The summed E-state index contributed by atoms with van der Waals surface area (Å²) in [6, 6.07) is 21.6. The summed E-state index contributed by atoms with van der Waals surface area (Å²) in [5, 5.41) is 9.03. The Morgan fingerprint density at radius 1 is 0.515 bits per heavy atom. The number of nitrogens with one attached hydrogen (secondary N) is 3. The predicted molar refractivity (Wildman–Crippen MR) is 127 cm³/mol. The van der Waals surface area contributed by atoms with Crippen molar-refractivity contribution >= 4 is 34.6 Å². The quantitative estimate of drug-likeness (QED) is 0.402. The van der Waals surface area contributed by atoms with E-state index in [9.17, 15) is 9.59 Å². The van der Waals surface area contributed by atoms with Gasteiger partial charge in [-0.3, -0.25) is 9.59 Å². The second kappa shape index (κ2) is 9.74. The van der Waals surface area contributed by atoms with E-state index in [1.165, 1.54) is 0 Å². The highest BCUT2D eigenvalue weighted by atomic mass is 16.2. The molecular formula is C26H25N5O2+2. The molecule has 0 saturated carbocycles. The summed E-state index contributed by atoms with van der Waals surface area (Å²) in [5.74, 6) is -0.472. The lowest BCUT2D eigenvalue weighted by Gasteiger charge is -2.09. The summed E-state index contributed by atoms with van der Waals surface area (Å²) in [6.45, 7) is 0. The molecule has 0 aliphatic rings. The van der Waals surface area contributed by atoms with Gasteiger partial charge in [-0.1, -0.05) is 0 Å². The van der Waals surface area contributed by atoms with E-state index in [4.69, 9.17) is 0 Å². The lowest BCUT2D eigenvalue weighted by atomic mass is 10.1. The minimum Gasteiger partial charge on any atom is -0.355 e. The number of aryl methyl sites for hydroxylation is 2. The number of benzene rings is 2. The highest BCUT2D eigenvalue weighted by Crippen LogP contribution is 2.19. The van der Waals surface area contributed by atoms with Crippen molar-refractivity contribution < 1.29 is 18.7 Å². The second-order valence-electron chi connectivity index (χ2n) is 7.69. The van der Waals surface area contributed by atoms with Crippen LogP contribution in [0.25, 0.3) is 0 Å². The first-order valence-electron chi connectivity index (χ1n) is 10.5. The van der Waals surface area contributed by atoms with Crippen molar-refractivity contribution in [2.24, 2.45) is 14.1 Å². The summed E-state index contributed by atoms with van der Waals surface area (Å²) < 4.78 is 3.85. The number of anilines is 4. The van der Waals surface area contributed by atoms with Crippen LogP contribution in [0.2, 0.25) is 0 Å². The first-order valence-corrected chi connectivity index (χ1v) is 10.5. The monoisotopic (exact) mass is 439 g/mol. The maximum atomic E-state index is 12.6. The van der Waals surface area contributed by atoms with E-state index >= 15 is 0 Å². The Hall–Kier alpha value is -4.52. The van der Waals surface area contributed by atoms with Gasteiger partial charge in [0.15, 0.2) is 24.8 Å². The van der Waals surface area contributed by atoms with Gasteiger partial charge in [-0.05, 0) is 48.5 Å². The van der Waals surface area contributed by atoms with Crippen molar-refractivity contribution in [3.63, 3.8) is 0 Å². The molecule has 2 heterocycles. The number of aromatic nitrogens is 2. The molecule has 0 radical (unpaired) electrons. The lowest BCUT2D eigenvalue weighted by molar-refractivity contribution is -0.671. The fourth-order valence-electron chi connectivity index (χ4n) is 3.15. The average molecular weight is 440 g/mol. The van der Waals surface area contributed by atoms with Crippen molar-refractivity contribution in [2.75, 3.05) is 16.0 Å². The van der Waals surface area contributed by atoms with Gasteiger partial charge < -0.3 is 16.0 Å². The summed E-state index contributed by atoms with van der Waals surface area (Å²) in [7, 11) is 3.87. The highest BCUT2D eigenvalue weighted by molar-refractivity contribution is 6.07. The Morgan fingerprint density at radius 3 is 1.30 bits per heavy atom. The molecule has 0 saturated heterocycles. The van der Waals surface area contributed by atoms with Gasteiger partial charge in [-0.15, -0.1) is 0 Å². The molecular weight excluding hydrogens is 414 g/mol. The number of nitrogens with zero attached hydrogens (tertiary/aromatic N) is 2. The Morgan fingerprint density at radius 2 is 0.848 bits per heavy atom. The maximum Gasteiger partial charge on any atom is 0.255 e. The van der Waals surface area contributed by atoms with Gasteiger partial charge in [0.1, 0.15) is 14.1 Å². The fourth-order valence-corrected chi connectivity index (χ4v) is 3.15. The maximum absolute atomic E-state index is 12.6. The minimum atomic E-state index is -0.242. The predicted octanol–water partition coefficient (Wildman–Crippen LogP) is 3.58. The van der Waals surface area contributed by atoms with Crippen molar-refractivity contribution in [2.45, 2.75) is 0 Å². The average Bonchev–Trinajstić information content (AvgIpc) is 2.83. The fraction of sp³-hybridized carbons (Fsp3) is 0.0769. The van der Waals surface area contributed by atoms with Crippen LogP contribution in [-0.2, 0) is 14.1 Å². The topological polar surface area (TPSA) is 78.0 Å². The van der Waals surface area contributed by atoms with Gasteiger partial charge in [-0.25, -0.2) is 9.13 Å². The molecule has 0 atom stereocenters. The second-order valence-corrected chi connectivity index (χ2v) is 7.69. The van der Waals surface area contributed by atoms with Crippen LogP contribution in [0.15, 0.2) is 97.6 Å². The molecule has 7 heteroatoms. The van der Waals surface area contributed by atoms with Gasteiger partial charge in [-0.2, -0.15) is 0 Å². The summed E-state index contributed by atoms with van der Waals surface area (Å²) in [4.78, 5) is 25.0. The van der Waals surface area contributed by atoms with Crippen LogP contribution in [-0.4, -0.2) is 11.8 Å². The van der Waals surface area contributed by atoms with Gasteiger partial charge in [0.25, 0.3) is 11.8 Å². The van der Waals surface area contributed by atoms with Crippen molar-refractivity contribution in [1.29, 1.82) is 0 Å². The Kier molecular flexibility index (Phi) is 6.40. The van der Waals surface area contributed by atoms with Crippen LogP contribution in [0.4, 0.5) is 22.7 Å². The van der Waals surface area contributed by atoms with Crippen molar-refractivity contribution in [3.8, 4) is 0 Å². The normalized spacial score (nSPS) is 10.4. The molecule has 33 heavy (non-hydrogen) atoms. The Labute approximate surface area is 192 Å². The van der Waals surface area contributed by atoms with Gasteiger partial charge >= 0.3 is 0 Å². The van der Waals surface area contributed by atoms with Gasteiger partial charge in [0.05, 0.1) is 11.4 Å². The minimum absolute atomic E-state index is 0.230. The molecule has 0 aliphatic heterocycles. The molecule has 0 fully saturated rings. The lowest BCUT2D eigenvalue weighted by Crippen LogP contribution is -2.26. The van der Waals surface area contributed by atoms with Crippen LogP contribution in [0.3, 0.4) is 0 Å². The zero-order valence-corrected chi connectivity index (χ0v) is 18.4. The summed E-state index contributed by atoms with van der Waals surface area (Å²) >= 11 is 0. The molecule has 2 aromatic heterocycles. The smallest absolute Gasteiger partial charge is 0.255 e. The van der Waals surface area contributed by atoms with E-state index in [-0.39, 0.29) is 11.8 Å². The van der Waals surface area contributed by atoms with Crippen molar-refractivity contribution in [1.82, 2.24) is 0 Å². The third-order valence-electron chi connectivity index (χ3n) is 5.06. The Bertz CT molecular complexity index is 1250. The van der Waals surface area contributed by atoms with E-state index < -0.39 is 0 Å². The van der Waals surface area contributed by atoms with Crippen LogP contribution < -0.4 is 25.1 Å². The first-order chi connectivity index (χ1) is 16.0. The van der Waals surface area contributed by atoms with Crippen LogP contribution in [0.1, 0.15) is 20.7 Å². The molecule has 4 aromatic rings. The molecule has 164 valence electrons. The van der Waals surface area contributed by atoms with Crippen molar-refractivity contribution in [3.05, 3.63) is 109 Å². The van der Waals surface area contributed by atoms with E-state index in [1.807, 2.05) is 96.5 Å². The number of carbonyl (C=O) groups excluding carboxylic acids is 2. The third kappa shape index (κ3) is 5.80. The molecule has 4 rings (SSSR count). The van der Waals surface area contributed by atoms with E-state index in [1.54, 1.807) is 24.3 Å². The molecule has 0 aliphatic carbocycles. The largest absolute Gasteiger partial charge is 0.355 e. The number of amides is 2. The Balaban J connectivity index is 1.34. The molecule has 0 bridgehead atoms. The molecule has 0 spiro atoms. The zero-order valence-electron chi connectivity index (χ0n) is 18.4. The summed E-state index contributed by atoms with van der Waals surface area (Å²) in [5.41, 5.74) is 4.24. The van der Waals surface area contributed by atoms with E-state index in [0.717, 1.165) is 11.4 Å². The van der Waals surface area contributed by atoms with Crippen LogP contribution >= 0.6 is 0 Å². The highest BCUT2D eigenvalue weighted by Gasteiger charge is 2.10. The summed E-state index contributed by atoms with van der Waals surface area (Å²) in [6.07, 6.45) is 7.64. The molecule has 0 unspecified atom stereocenters. The van der Waals surface area contributed by atoms with E-state index in [2.05, 4.69) is 16.0 Å². The zero-order chi connectivity index (χ0) is 23.2. The first kappa shape index (κ1) is 21.7. The SMILES string of the molecule is C[n+]1ccc(NC(=O)c2ccc(C(=O)Nc3ccc(Nc4cc[n+](C)cc4)cc3)cc2)cc1. The molecule has 2 aromatic carbocycles. The van der Waals surface area contributed by atoms with Crippen LogP contribution in [0, 0.1) is 0 Å². The van der Waals surface area contributed by atoms with E-state index in [0.29, 0.717) is 22.5 Å². The number of hydrogen-bond donors (Lipinski definition) is 3. The number of rotatable bonds is 6. The van der Waals surface area contributed by atoms with Crippen LogP contribution in [0.5, 0.6) is 0 Å². The van der Waals surface area contributed by atoms with Gasteiger partial charge in [0, 0.05) is 46.8 Å².